The molecule has 2 N–H and O–H groups in total. The average Bonchev–Trinajstić information content (AvgIpc) is 2.79. The third-order valence-electron chi connectivity index (χ3n) is 5.34. The van der Waals surface area contributed by atoms with Crippen LogP contribution in [0.25, 0.3) is 0 Å². The molecule has 3 rings (SSSR count). The van der Waals surface area contributed by atoms with Gasteiger partial charge in [-0.05, 0) is 56.2 Å². The van der Waals surface area contributed by atoms with Gasteiger partial charge in [-0.3, -0.25) is 4.79 Å². The lowest BCUT2D eigenvalue weighted by Crippen LogP contribution is -2.51. The number of piperidine rings is 1. The molecule has 1 saturated heterocycles. The number of carbonyl (C=O) groups excluding carboxylic acids is 1. The quantitative estimate of drug-likeness (QED) is 0.624. The monoisotopic (exact) mass is 486 g/mol. The van der Waals surface area contributed by atoms with Gasteiger partial charge >= 0.3 is 6.18 Å². The highest BCUT2D eigenvalue weighted by Gasteiger charge is 2.31. The summed E-state index contributed by atoms with van der Waals surface area (Å²) in [6.45, 7) is 2.45. The Morgan fingerprint density at radius 3 is 2.30 bits per heavy atom. The fraction of sp³-hybridized carbons (Fsp3) is 0.429. The maximum atomic E-state index is 12.7. The maximum Gasteiger partial charge on any atom is 0.417 e. The van der Waals surface area contributed by atoms with Crippen molar-refractivity contribution >= 4 is 21.7 Å². The van der Waals surface area contributed by atoms with Crippen molar-refractivity contribution < 1.29 is 31.1 Å². The van der Waals surface area contributed by atoms with Crippen LogP contribution in [-0.4, -0.2) is 51.6 Å². The second-order valence-electron chi connectivity index (χ2n) is 7.69. The first-order valence-corrected chi connectivity index (χ1v) is 11.7. The number of ether oxygens (including phenoxy) is 1. The van der Waals surface area contributed by atoms with Gasteiger partial charge in [0, 0.05) is 25.3 Å². The summed E-state index contributed by atoms with van der Waals surface area (Å²) in [4.78, 5) is 18.3. The number of hydrogen-bond acceptors (Lipinski definition) is 6. The van der Waals surface area contributed by atoms with E-state index in [9.17, 15) is 26.4 Å². The molecule has 0 bridgehead atoms. The molecular weight excluding hydrogens is 461 g/mol. The number of sulfonamides is 1. The van der Waals surface area contributed by atoms with Crippen molar-refractivity contribution in [1.82, 2.24) is 15.0 Å². The van der Waals surface area contributed by atoms with Gasteiger partial charge in [-0.15, -0.1) is 0 Å². The Morgan fingerprint density at radius 2 is 1.79 bits per heavy atom. The molecule has 180 valence electrons. The number of aromatic nitrogens is 1. The minimum absolute atomic E-state index is 0.0142. The van der Waals surface area contributed by atoms with Gasteiger partial charge in [0.15, 0.2) is 0 Å². The summed E-state index contributed by atoms with van der Waals surface area (Å²) >= 11 is 0. The molecule has 1 aliphatic rings. The molecule has 1 aromatic heterocycles. The van der Waals surface area contributed by atoms with Gasteiger partial charge in [-0.25, -0.2) is 13.4 Å². The molecule has 2 heterocycles. The highest BCUT2D eigenvalue weighted by atomic mass is 32.2. The second-order valence-corrected chi connectivity index (χ2v) is 9.41. The number of alkyl halides is 3. The average molecular weight is 487 g/mol. The predicted octanol–water partition coefficient (Wildman–Crippen LogP) is 2.56. The molecule has 1 atom stereocenters. The van der Waals surface area contributed by atoms with E-state index in [1.807, 2.05) is 4.90 Å². The molecule has 0 spiro atoms. The normalized spacial score (nSPS) is 16.3. The van der Waals surface area contributed by atoms with E-state index >= 15 is 0 Å². The Bertz CT molecular complexity index is 1050. The van der Waals surface area contributed by atoms with E-state index in [4.69, 9.17) is 4.74 Å². The number of hydrogen-bond donors (Lipinski definition) is 2. The van der Waals surface area contributed by atoms with Crippen molar-refractivity contribution in [2.24, 2.45) is 0 Å². The van der Waals surface area contributed by atoms with Gasteiger partial charge in [-0.2, -0.15) is 17.9 Å². The van der Waals surface area contributed by atoms with Crippen LogP contribution in [-0.2, 0) is 21.0 Å². The van der Waals surface area contributed by atoms with E-state index in [0.29, 0.717) is 37.5 Å². The van der Waals surface area contributed by atoms with Crippen LogP contribution in [0, 0.1) is 0 Å². The Hall–Kier alpha value is -2.86. The zero-order chi connectivity index (χ0) is 24.2. The van der Waals surface area contributed by atoms with Crippen LogP contribution in [0.5, 0.6) is 5.75 Å². The first-order chi connectivity index (χ1) is 15.5. The van der Waals surface area contributed by atoms with Crippen LogP contribution in [0.2, 0.25) is 0 Å². The van der Waals surface area contributed by atoms with E-state index in [-0.39, 0.29) is 10.9 Å². The van der Waals surface area contributed by atoms with Crippen LogP contribution in [0.3, 0.4) is 0 Å². The van der Waals surface area contributed by atoms with E-state index in [2.05, 4.69) is 15.0 Å². The molecular formula is C21H25F3N4O4S. The van der Waals surface area contributed by atoms with E-state index in [1.165, 1.54) is 44.4 Å². The molecule has 1 aliphatic heterocycles. The smallest absolute Gasteiger partial charge is 0.417 e. The van der Waals surface area contributed by atoms with Crippen molar-refractivity contribution in [3.8, 4) is 5.75 Å². The zero-order valence-electron chi connectivity index (χ0n) is 18.1. The first kappa shape index (κ1) is 24.8. The number of benzene rings is 1. The minimum atomic E-state index is -4.44. The number of carbonyl (C=O) groups is 1. The Morgan fingerprint density at radius 1 is 1.15 bits per heavy atom. The van der Waals surface area contributed by atoms with E-state index in [1.54, 1.807) is 0 Å². The molecule has 0 saturated carbocycles. The predicted molar refractivity (Wildman–Crippen MR) is 115 cm³/mol. The molecule has 1 aromatic carbocycles. The molecule has 33 heavy (non-hydrogen) atoms. The van der Waals surface area contributed by atoms with Crippen molar-refractivity contribution in [3.63, 3.8) is 0 Å². The van der Waals surface area contributed by atoms with Gasteiger partial charge < -0.3 is 15.0 Å². The van der Waals surface area contributed by atoms with Crippen LogP contribution in [0.4, 0.5) is 19.0 Å². The number of nitrogens with one attached hydrogen (secondary N) is 2. The Kier molecular flexibility index (Phi) is 7.48. The van der Waals surface area contributed by atoms with Gasteiger partial charge in [0.2, 0.25) is 15.9 Å². The van der Waals surface area contributed by atoms with Gasteiger partial charge in [0.25, 0.3) is 0 Å². The van der Waals surface area contributed by atoms with Crippen molar-refractivity contribution in [3.05, 3.63) is 48.2 Å². The van der Waals surface area contributed by atoms with Crippen molar-refractivity contribution in [2.45, 2.75) is 42.9 Å². The molecule has 1 amide bonds. The van der Waals surface area contributed by atoms with Crippen LogP contribution >= 0.6 is 0 Å². The summed E-state index contributed by atoms with van der Waals surface area (Å²) in [6.07, 6.45) is -2.53. The van der Waals surface area contributed by atoms with Crippen molar-refractivity contribution in [1.29, 1.82) is 0 Å². The largest absolute Gasteiger partial charge is 0.497 e. The summed E-state index contributed by atoms with van der Waals surface area (Å²) in [5, 5.41) is 2.83. The van der Waals surface area contributed by atoms with Crippen LogP contribution in [0.1, 0.15) is 25.3 Å². The summed E-state index contributed by atoms with van der Waals surface area (Å²) in [6, 6.07) is 6.94. The summed E-state index contributed by atoms with van der Waals surface area (Å²) < 4.78 is 70.4. The number of rotatable bonds is 7. The summed E-state index contributed by atoms with van der Waals surface area (Å²) in [7, 11) is -2.42. The number of pyridine rings is 1. The number of nitrogens with zero attached hydrogens (tertiary/aromatic N) is 2. The number of anilines is 1. The minimum Gasteiger partial charge on any atom is -0.497 e. The van der Waals surface area contributed by atoms with Gasteiger partial charge in [0.1, 0.15) is 11.6 Å². The summed E-state index contributed by atoms with van der Waals surface area (Å²) in [5.74, 6) is 0.490. The highest BCUT2D eigenvalue weighted by molar-refractivity contribution is 7.89. The number of methoxy groups -OCH3 is 1. The van der Waals surface area contributed by atoms with Gasteiger partial charge in [-0.1, -0.05) is 0 Å². The third kappa shape index (κ3) is 6.35. The zero-order valence-corrected chi connectivity index (χ0v) is 18.9. The Labute approximate surface area is 190 Å². The fourth-order valence-corrected chi connectivity index (χ4v) is 4.63. The highest BCUT2D eigenvalue weighted by Crippen LogP contribution is 2.29. The number of amides is 1. The van der Waals surface area contributed by atoms with Gasteiger partial charge in [0.05, 0.1) is 23.6 Å². The van der Waals surface area contributed by atoms with Crippen molar-refractivity contribution in [2.75, 3.05) is 25.1 Å². The first-order valence-electron chi connectivity index (χ1n) is 10.2. The van der Waals surface area contributed by atoms with Crippen LogP contribution in [0.15, 0.2) is 47.5 Å². The second kappa shape index (κ2) is 9.96. The van der Waals surface area contributed by atoms with E-state index in [0.717, 1.165) is 12.3 Å². The maximum absolute atomic E-state index is 12.7. The SMILES string of the molecule is COc1ccc(S(=O)(=O)N[C@@H](C)C(=O)NC2CCN(c3ccc(C(F)(F)F)cn3)CC2)cc1. The molecule has 2 aromatic rings. The molecule has 12 heteroatoms. The van der Waals surface area contributed by atoms with E-state index < -0.39 is 33.7 Å². The summed E-state index contributed by atoms with van der Waals surface area (Å²) in [5.41, 5.74) is -0.806. The molecule has 1 fully saturated rings. The topological polar surface area (TPSA) is 101 Å². The fourth-order valence-electron chi connectivity index (χ4n) is 3.43. The lowest BCUT2D eigenvalue weighted by molar-refractivity contribution is -0.137. The lowest BCUT2D eigenvalue weighted by atomic mass is 10.0. The standard InChI is InChI=1S/C21H25F3N4O4S/c1-14(27-33(30,31)18-6-4-17(32-2)5-7-18)20(29)26-16-9-11-28(12-10-16)19-8-3-15(13-25-19)21(22,23)24/h3-8,13-14,16,27H,9-12H2,1-2H3,(H,26,29)/t14-/m0/s1. The molecule has 0 aliphatic carbocycles. The molecule has 0 unspecified atom stereocenters. The number of halogens is 3. The third-order valence-corrected chi connectivity index (χ3v) is 6.89. The molecule has 0 radical (unpaired) electrons. The lowest BCUT2D eigenvalue weighted by Gasteiger charge is -2.33. The van der Waals surface area contributed by atoms with Crippen LogP contribution < -0.4 is 19.7 Å². The molecule has 8 nitrogen and oxygen atoms in total. The Balaban J connectivity index is 1.51.